The molecule has 140 valence electrons. The van der Waals surface area contributed by atoms with Crippen molar-refractivity contribution in [3.63, 3.8) is 0 Å². The molecule has 0 fully saturated rings. The summed E-state index contributed by atoms with van der Waals surface area (Å²) in [5, 5.41) is 7.91. The van der Waals surface area contributed by atoms with Crippen molar-refractivity contribution in [2.75, 3.05) is 25.6 Å². The van der Waals surface area contributed by atoms with Crippen LogP contribution in [0.1, 0.15) is 24.3 Å². The molecule has 0 bridgehead atoms. The van der Waals surface area contributed by atoms with Crippen molar-refractivity contribution in [1.82, 2.24) is 5.32 Å². The van der Waals surface area contributed by atoms with E-state index in [9.17, 15) is 9.59 Å². The Labute approximate surface area is 161 Å². The number of hydrogen-bond acceptors (Lipinski definition) is 5. The summed E-state index contributed by atoms with van der Waals surface area (Å²) in [5.41, 5.74) is 0.478. The molecule has 0 aliphatic heterocycles. The number of amides is 2. The van der Waals surface area contributed by atoms with E-state index in [1.54, 1.807) is 25.3 Å². The van der Waals surface area contributed by atoms with Gasteiger partial charge in [0.1, 0.15) is 6.61 Å². The minimum atomic E-state index is -0.385. The van der Waals surface area contributed by atoms with Crippen LogP contribution in [-0.4, -0.2) is 32.1 Å². The lowest BCUT2D eigenvalue weighted by atomic mass is 10.1. The van der Waals surface area contributed by atoms with Gasteiger partial charge in [0, 0.05) is 18.9 Å². The molecule has 2 N–H and O–H groups in total. The quantitative estimate of drug-likeness (QED) is 0.634. The van der Waals surface area contributed by atoms with Gasteiger partial charge in [-0.05, 0) is 23.6 Å². The molecule has 8 heteroatoms. The van der Waals surface area contributed by atoms with Crippen LogP contribution < -0.4 is 15.4 Å². The standard InChI is InChI=1S/C18H21ClN2O4S/c1-12(22)20-15(16-7-4-10-26-16)11-17(23)21-14-6-3-5-13(19)18(14)25-9-8-24-2/h3-7,10,15H,8-9,11H2,1-2H3,(H,20,22)(H,21,23). The van der Waals surface area contributed by atoms with Gasteiger partial charge in [-0.25, -0.2) is 0 Å². The first kappa shape index (κ1) is 20.2. The summed E-state index contributed by atoms with van der Waals surface area (Å²) in [6.45, 7) is 2.14. The van der Waals surface area contributed by atoms with Gasteiger partial charge in [0.05, 0.1) is 29.8 Å². The fourth-order valence-electron chi connectivity index (χ4n) is 2.33. The van der Waals surface area contributed by atoms with E-state index in [1.807, 2.05) is 17.5 Å². The summed E-state index contributed by atoms with van der Waals surface area (Å²) in [7, 11) is 1.57. The number of methoxy groups -OCH3 is 1. The van der Waals surface area contributed by atoms with Gasteiger partial charge in [-0.2, -0.15) is 0 Å². The van der Waals surface area contributed by atoms with Gasteiger partial charge in [-0.1, -0.05) is 23.7 Å². The molecule has 26 heavy (non-hydrogen) atoms. The molecule has 2 rings (SSSR count). The summed E-state index contributed by atoms with van der Waals surface area (Å²) >= 11 is 7.66. The Morgan fingerprint density at radius 3 is 2.69 bits per heavy atom. The van der Waals surface area contributed by atoms with Crippen LogP contribution in [0.5, 0.6) is 5.75 Å². The highest BCUT2D eigenvalue weighted by molar-refractivity contribution is 7.10. The Kier molecular flexibility index (Phi) is 7.90. The van der Waals surface area contributed by atoms with Gasteiger partial charge in [0.15, 0.2) is 5.75 Å². The highest BCUT2D eigenvalue weighted by Crippen LogP contribution is 2.33. The van der Waals surface area contributed by atoms with Crippen LogP contribution in [0, 0.1) is 0 Å². The molecule has 0 aliphatic carbocycles. The van der Waals surface area contributed by atoms with Crippen molar-refractivity contribution in [3.8, 4) is 5.75 Å². The van der Waals surface area contributed by atoms with Crippen LogP contribution in [0.3, 0.4) is 0 Å². The Morgan fingerprint density at radius 1 is 1.23 bits per heavy atom. The molecular weight excluding hydrogens is 376 g/mol. The summed E-state index contributed by atoms with van der Waals surface area (Å²) in [6.07, 6.45) is 0.101. The van der Waals surface area contributed by atoms with Crippen LogP contribution in [0.4, 0.5) is 5.69 Å². The van der Waals surface area contributed by atoms with Crippen molar-refractivity contribution in [2.24, 2.45) is 0 Å². The van der Waals surface area contributed by atoms with Gasteiger partial charge < -0.3 is 20.1 Å². The largest absolute Gasteiger partial charge is 0.487 e. The molecule has 2 amide bonds. The third-order valence-corrected chi connectivity index (χ3v) is 4.71. The first-order chi connectivity index (χ1) is 12.5. The summed E-state index contributed by atoms with van der Waals surface area (Å²) < 4.78 is 10.6. The Hall–Kier alpha value is -2.09. The number of nitrogens with one attached hydrogen (secondary N) is 2. The SMILES string of the molecule is COCCOc1c(Cl)cccc1NC(=O)CC(NC(C)=O)c1cccs1. The Morgan fingerprint density at radius 2 is 2.04 bits per heavy atom. The van der Waals surface area contributed by atoms with E-state index in [4.69, 9.17) is 21.1 Å². The monoisotopic (exact) mass is 396 g/mol. The second-order valence-corrected chi connectivity index (χ2v) is 6.87. The maximum Gasteiger partial charge on any atom is 0.226 e. The third-order valence-electron chi connectivity index (χ3n) is 3.43. The lowest BCUT2D eigenvalue weighted by Gasteiger charge is -2.18. The van der Waals surface area contributed by atoms with Crippen molar-refractivity contribution < 1.29 is 19.1 Å². The zero-order valence-corrected chi connectivity index (χ0v) is 16.2. The molecule has 0 saturated heterocycles. The van der Waals surface area contributed by atoms with Crippen LogP contribution in [0.25, 0.3) is 0 Å². The fraction of sp³-hybridized carbons (Fsp3) is 0.333. The highest BCUT2D eigenvalue weighted by atomic mass is 35.5. The molecule has 1 unspecified atom stereocenters. The predicted octanol–water partition coefficient (Wildman–Crippen LogP) is 3.63. The smallest absolute Gasteiger partial charge is 0.226 e. The summed E-state index contributed by atoms with van der Waals surface area (Å²) in [6, 6.07) is 8.51. The lowest BCUT2D eigenvalue weighted by molar-refractivity contribution is -0.120. The molecule has 0 saturated carbocycles. The number of carbonyl (C=O) groups is 2. The minimum Gasteiger partial charge on any atom is -0.487 e. The van der Waals surface area contributed by atoms with E-state index in [-0.39, 0.29) is 24.3 Å². The summed E-state index contributed by atoms with van der Waals surface area (Å²) in [5.74, 6) is -0.0506. The molecule has 0 aliphatic rings. The number of ether oxygens (including phenoxy) is 2. The molecule has 1 aromatic heterocycles. The van der Waals surface area contributed by atoms with Crippen molar-refractivity contribution >= 4 is 40.4 Å². The van der Waals surface area contributed by atoms with Crippen LogP contribution in [0.15, 0.2) is 35.7 Å². The van der Waals surface area contributed by atoms with Gasteiger partial charge in [-0.3, -0.25) is 9.59 Å². The number of para-hydroxylation sites is 1. The van der Waals surface area contributed by atoms with Crippen molar-refractivity contribution in [3.05, 3.63) is 45.6 Å². The predicted molar refractivity (Wildman–Crippen MR) is 103 cm³/mol. The maximum atomic E-state index is 12.5. The molecule has 1 aromatic carbocycles. The highest BCUT2D eigenvalue weighted by Gasteiger charge is 2.19. The normalized spacial score (nSPS) is 11.7. The number of hydrogen-bond donors (Lipinski definition) is 2. The van der Waals surface area contributed by atoms with E-state index in [2.05, 4.69) is 10.6 Å². The average molecular weight is 397 g/mol. The maximum absolute atomic E-state index is 12.5. The number of halogens is 1. The van der Waals surface area contributed by atoms with Crippen molar-refractivity contribution in [1.29, 1.82) is 0 Å². The van der Waals surface area contributed by atoms with Crippen LogP contribution >= 0.6 is 22.9 Å². The first-order valence-electron chi connectivity index (χ1n) is 8.02. The molecule has 1 atom stereocenters. The topological polar surface area (TPSA) is 76.7 Å². The van der Waals surface area contributed by atoms with E-state index in [1.165, 1.54) is 18.3 Å². The number of benzene rings is 1. The lowest BCUT2D eigenvalue weighted by Crippen LogP contribution is -2.29. The molecule has 1 heterocycles. The molecule has 0 radical (unpaired) electrons. The van der Waals surface area contributed by atoms with E-state index < -0.39 is 0 Å². The van der Waals surface area contributed by atoms with Crippen molar-refractivity contribution in [2.45, 2.75) is 19.4 Å². The van der Waals surface area contributed by atoms with E-state index >= 15 is 0 Å². The van der Waals surface area contributed by atoms with Gasteiger partial charge in [-0.15, -0.1) is 11.3 Å². The number of anilines is 1. The Balaban J connectivity index is 2.08. The van der Waals surface area contributed by atoms with Gasteiger partial charge in [0.2, 0.25) is 11.8 Å². The second kappa shape index (κ2) is 10.2. The van der Waals surface area contributed by atoms with E-state index in [0.29, 0.717) is 29.7 Å². The summed E-state index contributed by atoms with van der Waals surface area (Å²) in [4.78, 5) is 24.9. The number of carbonyl (C=O) groups excluding carboxylic acids is 2. The molecular formula is C18H21ClN2O4S. The van der Waals surface area contributed by atoms with Gasteiger partial charge >= 0.3 is 0 Å². The molecule has 6 nitrogen and oxygen atoms in total. The zero-order chi connectivity index (χ0) is 18.9. The fourth-order valence-corrected chi connectivity index (χ4v) is 3.33. The zero-order valence-electron chi connectivity index (χ0n) is 14.6. The van der Waals surface area contributed by atoms with Crippen LogP contribution in [0.2, 0.25) is 5.02 Å². The van der Waals surface area contributed by atoms with Gasteiger partial charge in [0.25, 0.3) is 0 Å². The molecule has 0 spiro atoms. The average Bonchev–Trinajstić information content (AvgIpc) is 3.11. The minimum absolute atomic E-state index is 0.101. The third kappa shape index (κ3) is 6.01. The van der Waals surface area contributed by atoms with E-state index in [0.717, 1.165) is 4.88 Å². The van der Waals surface area contributed by atoms with Crippen LogP contribution in [-0.2, 0) is 14.3 Å². The number of thiophene rings is 1. The Bertz CT molecular complexity index is 737. The second-order valence-electron chi connectivity index (χ2n) is 5.48. The molecule has 2 aromatic rings. The first-order valence-corrected chi connectivity index (χ1v) is 9.27. The number of rotatable bonds is 9.